The topological polar surface area (TPSA) is 256 Å². The van der Waals surface area contributed by atoms with Crippen LogP contribution in [0.4, 0.5) is 0 Å². The molecule has 42 heavy (non-hydrogen) atoms. The van der Waals surface area contributed by atoms with Gasteiger partial charge in [0.05, 0.1) is 13.2 Å². The van der Waals surface area contributed by atoms with Gasteiger partial charge in [0.25, 0.3) is 0 Å². The Morgan fingerprint density at radius 3 is 2.00 bits per heavy atom. The molecule has 0 radical (unpaired) electrons. The molecule has 15 heteroatoms. The average molecular weight is 597 g/mol. The Bertz CT molecular complexity index is 1250. The third kappa shape index (κ3) is 6.82. The molecule has 10 atom stereocenters. The highest BCUT2D eigenvalue weighted by molar-refractivity contribution is 6.10. The molecule has 2 aromatic rings. The van der Waals surface area contributed by atoms with E-state index in [0.717, 1.165) is 18.2 Å². The highest BCUT2D eigenvalue weighted by atomic mass is 16.7. The van der Waals surface area contributed by atoms with Gasteiger partial charge < -0.3 is 70.0 Å². The summed E-state index contributed by atoms with van der Waals surface area (Å²) in [5.74, 6) is -2.42. The Balaban J connectivity index is 1.51. The van der Waals surface area contributed by atoms with E-state index in [1.54, 1.807) is 0 Å². The monoisotopic (exact) mass is 596 g/mol. The summed E-state index contributed by atoms with van der Waals surface area (Å²) < 4.78 is 21.7. The quantitative estimate of drug-likeness (QED) is 0.108. The molecule has 2 saturated heterocycles. The Morgan fingerprint density at radius 1 is 0.762 bits per heavy atom. The summed E-state index contributed by atoms with van der Waals surface area (Å²) in [6.45, 7) is -1.34. The Hall–Kier alpha value is -3.35. The Morgan fingerprint density at radius 2 is 1.36 bits per heavy atom. The second kappa shape index (κ2) is 13.3. The zero-order chi connectivity index (χ0) is 30.7. The van der Waals surface area contributed by atoms with Gasteiger partial charge in [-0.1, -0.05) is 18.2 Å². The molecule has 2 fully saturated rings. The van der Waals surface area contributed by atoms with E-state index >= 15 is 0 Å². The predicted molar refractivity (Wildman–Crippen MR) is 138 cm³/mol. The molecule has 4 rings (SSSR count). The van der Waals surface area contributed by atoms with E-state index in [-0.39, 0.29) is 5.75 Å². The van der Waals surface area contributed by atoms with Gasteiger partial charge in [-0.15, -0.1) is 0 Å². The van der Waals surface area contributed by atoms with Crippen molar-refractivity contribution in [2.45, 2.75) is 61.4 Å². The van der Waals surface area contributed by atoms with Crippen LogP contribution in [0.25, 0.3) is 6.08 Å². The minimum Gasteiger partial charge on any atom is -0.508 e. The van der Waals surface area contributed by atoms with Crippen molar-refractivity contribution in [1.82, 2.24) is 0 Å². The second-order valence-corrected chi connectivity index (χ2v) is 9.79. The van der Waals surface area contributed by atoms with E-state index in [1.165, 1.54) is 30.3 Å². The first-order valence-corrected chi connectivity index (χ1v) is 12.8. The van der Waals surface area contributed by atoms with Crippen LogP contribution in [0.2, 0.25) is 0 Å². The average Bonchev–Trinajstić information content (AvgIpc) is 2.95. The first-order chi connectivity index (χ1) is 19.9. The van der Waals surface area contributed by atoms with Crippen LogP contribution < -0.4 is 4.74 Å². The molecule has 0 aromatic heterocycles. The molecule has 0 saturated carbocycles. The maximum Gasteiger partial charge on any atom is 0.229 e. The van der Waals surface area contributed by atoms with E-state index in [2.05, 4.69) is 0 Å². The van der Waals surface area contributed by atoms with Crippen LogP contribution in [0.1, 0.15) is 15.9 Å². The van der Waals surface area contributed by atoms with Gasteiger partial charge >= 0.3 is 0 Å². The molecule has 2 aliphatic heterocycles. The summed E-state index contributed by atoms with van der Waals surface area (Å²) >= 11 is 0. The van der Waals surface area contributed by atoms with Crippen LogP contribution in [0.3, 0.4) is 0 Å². The van der Waals surface area contributed by atoms with Crippen molar-refractivity contribution in [3.05, 3.63) is 53.6 Å². The summed E-state index contributed by atoms with van der Waals surface area (Å²) in [5, 5.41) is 101. The first-order valence-electron chi connectivity index (χ1n) is 12.8. The highest BCUT2D eigenvalue weighted by Gasteiger charge is 2.48. The molecule has 0 spiro atoms. The third-order valence-corrected chi connectivity index (χ3v) is 6.82. The van der Waals surface area contributed by atoms with Crippen LogP contribution in [0.15, 0.2) is 42.5 Å². The maximum atomic E-state index is 13.0. The number of aliphatic hydroxyl groups excluding tert-OH is 7. The summed E-state index contributed by atoms with van der Waals surface area (Å²) in [5.41, 5.74) is 0.0978. The number of benzene rings is 2. The zero-order valence-electron chi connectivity index (χ0n) is 21.8. The molecule has 2 aliphatic rings. The standard InChI is InChI=1S/C27H32O15/c28-9-17-20(33)22(35)24(37)26(41-17)39-10-18-21(34)23(36)25(38)27(42-18)40-16-8-13(30)7-15(32)19(16)14(31)6-3-11-1-4-12(29)5-2-11/h1-8,17-18,20-30,32-38H,9-10H2/t17-,18-,20-,21-,22+,23+,24-,25-,26-,27-/m1/s1. The lowest BCUT2D eigenvalue weighted by Crippen LogP contribution is -2.62. The minimum atomic E-state index is -1.90. The van der Waals surface area contributed by atoms with Gasteiger partial charge in [-0.05, 0) is 23.8 Å². The van der Waals surface area contributed by atoms with Gasteiger partial charge in [0, 0.05) is 12.1 Å². The number of aromatic hydroxyl groups is 3. The fraction of sp³-hybridized carbons (Fsp3) is 0.444. The molecule has 2 heterocycles. The fourth-order valence-electron chi connectivity index (χ4n) is 4.44. The first kappa shape index (κ1) is 31.6. The molecule has 0 bridgehead atoms. The SMILES string of the molecule is O=C(C=Cc1ccc(O)cc1)c1c(O)cc(O)cc1O[C@@H]1O[C@H](CO[C@@H]2O[C@H](CO)[C@@H](O)[C@H](O)[C@H]2O)[C@@H](O)[C@H](O)[C@H]1O. The molecule has 2 aromatic carbocycles. The molecular formula is C27H32O15. The number of hydrogen-bond acceptors (Lipinski definition) is 15. The predicted octanol–water partition coefficient (Wildman–Crippen LogP) is -2.30. The van der Waals surface area contributed by atoms with E-state index < -0.39 is 103 Å². The lowest BCUT2D eigenvalue weighted by molar-refractivity contribution is -0.323. The number of rotatable bonds is 9. The Kier molecular flexibility index (Phi) is 10.0. The largest absolute Gasteiger partial charge is 0.508 e. The van der Waals surface area contributed by atoms with Crippen LogP contribution in [0.5, 0.6) is 23.0 Å². The van der Waals surface area contributed by atoms with E-state index in [9.17, 15) is 55.9 Å². The normalized spacial score (nSPS) is 33.5. The fourth-order valence-corrected chi connectivity index (χ4v) is 4.44. The van der Waals surface area contributed by atoms with Gasteiger partial charge in [-0.25, -0.2) is 0 Å². The zero-order valence-corrected chi connectivity index (χ0v) is 21.8. The number of allylic oxidation sites excluding steroid dienone is 1. The highest BCUT2D eigenvalue weighted by Crippen LogP contribution is 2.36. The van der Waals surface area contributed by atoms with Crippen molar-refractivity contribution in [2.75, 3.05) is 13.2 Å². The van der Waals surface area contributed by atoms with Crippen LogP contribution in [-0.2, 0) is 14.2 Å². The lowest BCUT2D eigenvalue weighted by Gasteiger charge is -2.42. The molecule has 15 nitrogen and oxygen atoms in total. The van der Waals surface area contributed by atoms with Crippen LogP contribution in [-0.4, -0.2) is 131 Å². The van der Waals surface area contributed by atoms with Crippen molar-refractivity contribution in [3.8, 4) is 23.0 Å². The molecule has 0 amide bonds. The smallest absolute Gasteiger partial charge is 0.229 e. The van der Waals surface area contributed by atoms with Gasteiger partial charge in [0.1, 0.15) is 77.4 Å². The maximum absolute atomic E-state index is 13.0. The molecule has 0 aliphatic carbocycles. The van der Waals surface area contributed by atoms with Crippen molar-refractivity contribution in [3.63, 3.8) is 0 Å². The van der Waals surface area contributed by atoms with Crippen LogP contribution in [0, 0.1) is 0 Å². The second-order valence-electron chi connectivity index (χ2n) is 9.79. The molecule has 230 valence electrons. The number of carbonyl (C=O) groups is 1. The number of phenolic OH excluding ortho intramolecular Hbond substituents is 3. The minimum absolute atomic E-state index is 0.0144. The number of ketones is 1. The summed E-state index contributed by atoms with van der Waals surface area (Å²) in [6.07, 6.45) is -14.3. The van der Waals surface area contributed by atoms with E-state index in [0.29, 0.717) is 5.56 Å². The van der Waals surface area contributed by atoms with Crippen molar-refractivity contribution < 1.29 is 74.8 Å². The number of aliphatic hydroxyl groups is 7. The van der Waals surface area contributed by atoms with Crippen molar-refractivity contribution >= 4 is 11.9 Å². The third-order valence-electron chi connectivity index (χ3n) is 6.82. The molecule has 0 unspecified atom stereocenters. The Labute approximate surface area is 238 Å². The number of ether oxygens (including phenoxy) is 4. The van der Waals surface area contributed by atoms with E-state index in [4.69, 9.17) is 18.9 Å². The van der Waals surface area contributed by atoms with Crippen molar-refractivity contribution in [2.24, 2.45) is 0 Å². The summed E-state index contributed by atoms with van der Waals surface area (Å²) in [7, 11) is 0. The molecule has 10 N–H and O–H groups in total. The van der Waals surface area contributed by atoms with Gasteiger partial charge in [-0.3, -0.25) is 4.79 Å². The lowest BCUT2D eigenvalue weighted by atomic mass is 9.98. The van der Waals surface area contributed by atoms with Gasteiger partial charge in [-0.2, -0.15) is 0 Å². The van der Waals surface area contributed by atoms with Crippen molar-refractivity contribution in [1.29, 1.82) is 0 Å². The number of hydrogen-bond donors (Lipinski definition) is 10. The summed E-state index contributed by atoms with van der Waals surface area (Å²) in [6, 6.07) is 7.68. The summed E-state index contributed by atoms with van der Waals surface area (Å²) in [4.78, 5) is 13.0. The molecular weight excluding hydrogens is 564 g/mol. The van der Waals surface area contributed by atoms with E-state index in [1.807, 2.05) is 0 Å². The van der Waals surface area contributed by atoms with Crippen LogP contribution >= 0.6 is 0 Å². The number of carbonyl (C=O) groups excluding carboxylic acids is 1. The van der Waals surface area contributed by atoms with Gasteiger partial charge in [0.15, 0.2) is 12.1 Å². The number of phenols is 3. The van der Waals surface area contributed by atoms with Gasteiger partial charge in [0.2, 0.25) is 6.29 Å².